The van der Waals surface area contributed by atoms with E-state index in [9.17, 15) is 9.90 Å². The molecular weight excluding hydrogens is 262 g/mol. The van der Waals surface area contributed by atoms with Crippen molar-refractivity contribution in [3.8, 4) is 0 Å². The number of benzene rings is 1. The molecule has 1 N–H and O–H groups in total. The minimum absolute atomic E-state index is 0.440. The van der Waals surface area contributed by atoms with Gasteiger partial charge in [0.1, 0.15) is 0 Å². The van der Waals surface area contributed by atoms with E-state index in [1.165, 1.54) is 25.7 Å². The molecule has 0 radical (unpaired) electrons. The van der Waals surface area contributed by atoms with Crippen LogP contribution in [0.5, 0.6) is 0 Å². The zero-order valence-corrected chi connectivity index (χ0v) is 13.4. The SMILES string of the molecule is CN(CCc1ccccc1C(=O)O)C1CCC(C)(C)CC1. The predicted octanol–water partition coefficient (Wildman–Crippen LogP) is 3.83. The molecule has 3 nitrogen and oxygen atoms in total. The van der Waals surface area contributed by atoms with E-state index in [0.29, 0.717) is 17.0 Å². The maximum atomic E-state index is 11.2. The number of hydrogen-bond donors (Lipinski definition) is 1. The average molecular weight is 289 g/mol. The minimum atomic E-state index is -0.826. The molecule has 1 aliphatic carbocycles. The Morgan fingerprint density at radius 2 is 1.90 bits per heavy atom. The van der Waals surface area contributed by atoms with Crippen molar-refractivity contribution >= 4 is 5.97 Å². The molecule has 0 heterocycles. The number of carboxylic acids is 1. The van der Waals surface area contributed by atoms with Crippen LogP contribution in [0.2, 0.25) is 0 Å². The summed E-state index contributed by atoms with van der Waals surface area (Å²) in [4.78, 5) is 13.6. The Morgan fingerprint density at radius 1 is 1.29 bits per heavy atom. The van der Waals surface area contributed by atoms with Crippen molar-refractivity contribution in [3.05, 3.63) is 35.4 Å². The first kappa shape index (κ1) is 16.0. The third kappa shape index (κ3) is 4.31. The summed E-state index contributed by atoms with van der Waals surface area (Å²) in [6.07, 6.45) is 5.88. The molecule has 116 valence electrons. The monoisotopic (exact) mass is 289 g/mol. The molecular formula is C18H27NO2. The van der Waals surface area contributed by atoms with Gasteiger partial charge in [0.2, 0.25) is 0 Å². The van der Waals surface area contributed by atoms with E-state index in [-0.39, 0.29) is 0 Å². The van der Waals surface area contributed by atoms with Gasteiger partial charge >= 0.3 is 5.97 Å². The summed E-state index contributed by atoms with van der Waals surface area (Å²) >= 11 is 0. The van der Waals surface area contributed by atoms with Gasteiger partial charge in [-0.3, -0.25) is 0 Å². The van der Waals surface area contributed by atoms with Crippen LogP contribution >= 0.6 is 0 Å². The third-order valence-corrected chi connectivity index (χ3v) is 4.91. The first-order valence-corrected chi connectivity index (χ1v) is 7.90. The van der Waals surface area contributed by atoms with Gasteiger partial charge in [0.05, 0.1) is 5.56 Å². The van der Waals surface area contributed by atoms with Gasteiger partial charge in [-0.05, 0) is 56.2 Å². The summed E-state index contributed by atoms with van der Waals surface area (Å²) in [5.74, 6) is -0.826. The van der Waals surface area contributed by atoms with Gasteiger partial charge in [-0.25, -0.2) is 4.79 Å². The van der Waals surface area contributed by atoms with E-state index >= 15 is 0 Å². The van der Waals surface area contributed by atoms with Gasteiger partial charge in [-0.2, -0.15) is 0 Å². The summed E-state index contributed by atoms with van der Waals surface area (Å²) in [6, 6.07) is 7.99. The van der Waals surface area contributed by atoms with Gasteiger partial charge in [0.15, 0.2) is 0 Å². The quantitative estimate of drug-likeness (QED) is 0.895. The molecule has 1 aromatic rings. The Balaban J connectivity index is 1.90. The smallest absolute Gasteiger partial charge is 0.335 e. The topological polar surface area (TPSA) is 40.5 Å². The summed E-state index contributed by atoms with van der Waals surface area (Å²) < 4.78 is 0. The number of carbonyl (C=O) groups is 1. The van der Waals surface area contributed by atoms with Crippen LogP contribution in [-0.2, 0) is 6.42 Å². The molecule has 0 spiro atoms. The Labute approximate surface area is 128 Å². The Morgan fingerprint density at radius 3 is 2.52 bits per heavy atom. The number of nitrogens with zero attached hydrogens (tertiary/aromatic N) is 1. The number of rotatable bonds is 5. The lowest BCUT2D eigenvalue weighted by Crippen LogP contribution is -2.38. The minimum Gasteiger partial charge on any atom is -0.478 e. The van der Waals surface area contributed by atoms with Crippen LogP contribution in [0.15, 0.2) is 24.3 Å². The fourth-order valence-corrected chi connectivity index (χ4v) is 3.25. The van der Waals surface area contributed by atoms with Crippen molar-refractivity contribution in [2.75, 3.05) is 13.6 Å². The molecule has 0 aromatic heterocycles. The molecule has 2 rings (SSSR count). The normalized spacial score (nSPS) is 18.9. The molecule has 0 atom stereocenters. The van der Waals surface area contributed by atoms with E-state index in [1.54, 1.807) is 12.1 Å². The van der Waals surface area contributed by atoms with Crippen molar-refractivity contribution in [1.82, 2.24) is 4.90 Å². The molecule has 0 aliphatic heterocycles. The van der Waals surface area contributed by atoms with Crippen molar-refractivity contribution in [2.45, 2.75) is 52.0 Å². The highest BCUT2D eigenvalue weighted by molar-refractivity contribution is 5.89. The fraction of sp³-hybridized carbons (Fsp3) is 0.611. The molecule has 1 saturated carbocycles. The van der Waals surface area contributed by atoms with Gasteiger partial charge in [0, 0.05) is 12.6 Å². The van der Waals surface area contributed by atoms with Crippen LogP contribution in [0.3, 0.4) is 0 Å². The van der Waals surface area contributed by atoms with Crippen molar-refractivity contribution < 1.29 is 9.90 Å². The first-order chi connectivity index (χ1) is 9.89. The van der Waals surface area contributed by atoms with Crippen LogP contribution in [0.1, 0.15) is 55.5 Å². The van der Waals surface area contributed by atoms with Gasteiger partial charge in [0.25, 0.3) is 0 Å². The van der Waals surface area contributed by atoms with E-state index in [0.717, 1.165) is 18.5 Å². The summed E-state index contributed by atoms with van der Waals surface area (Å²) in [5.41, 5.74) is 1.87. The Hall–Kier alpha value is -1.35. The predicted molar refractivity (Wildman–Crippen MR) is 85.8 cm³/mol. The number of hydrogen-bond acceptors (Lipinski definition) is 2. The Kier molecular flexibility index (Phi) is 5.04. The summed E-state index contributed by atoms with van der Waals surface area (Å²) in [5, 5.41) is 9.22. The van der Waals surface area contributed by atoms with Gasteiger partial charge < -0.3 is 10.0 Å². The molecule has 1 aromatic carbocycles. The largest absolute Gasteiger partial charge is 0.478 e. The molecule has 1 aliphatic rings. The number of aromatic carboxylic acids is 1. The zero-order valence-electron chi connectivity index (χ0n) is 13.4. The van der Waals surface area contributed by atoms with Crippen LogP contribution in [0.4, 0.5) is 0 Å². The van der Waals surface area contributed by atoms with Crippen molar-refractivity contribution in [1.29, 1.82) is 0 Å². The second-order valence-electron chi connectivity index (χ2n) is 7.09. The number of likely N-dealkylation sites (N-methyl/N-ethyl adjacent to an activating group) is 1. The standard InChI is InChI=1S/C18H27NO2/c1-18(2)11-8-15(9-12-18)19(3)13-10-14-6-4-5-7-16(14)17(20)21/h4-7,15H,8-13H2,1-3H3,(H,20,21). The second kappa shape index (κ2) is 6.61. The molecule has 3 heteroatoms. The average Bonchev–Trinajstić information content (AvgIpc) is 2.45. The highest BCUT2D eigenvalue weighted by Gasteiger charge is 2.28. The molecule has 0 saturated heterocycles. The molecule has 0 bridgehead atoms. The molecule has 0 unspecified atom stereocenters. The van der Waals surface area contributed by atoms with Crippen LogP contribution in [0.25, 0.3) is 0 Å². The lowest BCUT2D eigenvalue weighted by atomic mass is 9.75. The number of carboxylic acid groups (broad SMARTS) is 1. The summed E-state index contributed by atoms with van der Waals surface area (Å²) in [7, 11) is 2.17. The maximum absolute atomic E-state index is 11.2. The van der Waals surface area contributed by atoms with Gasteiger partial charge in [-0.1, -0.05) is 32.0 Å². The van der Waals surface area contributed by atoms with E-state index in [2.05, 4.69) is 25.8 Å². The maximum Gasteiger partial charge on any atom is 0.335 e. The highest BCUT2D eigenvalue weighted by Crippen LogP contribution is 2.36. The molecule has 1 fully saturated rings. The van der Waals surface area contributed by atoms with Crippen LogP contribution < -0.4 is 0 Å². The van der Waals surface area contributed by atoms with E-state index in [1.807, 2.05) is 12.1 Å². The third-order valence-electron chi connectivity index (χ3n) is 4.91. The lowest BCUT2D eigenvalue weighted by Gasteiger charge is -2.38. The summed E-state index contributed by atoms with van der Waals surface area (Å²) in [6.45, 7) is 5.63. The van der Waals surface area contributed by atoms with Crippen molar-refractivity contribution in [3.63, 3.8) is 0 Å². The highest BCUT2D eigenvalue weighted by atomic mass is 16.4. The van der Waals surface area contributed by atoms with E-state index < -0.39 is 5.97 Å². The molecule has 0 amide bonds. The molecule has 21 heavy (non-hydrogen) atoms. The van der Waals surface area contributed by atoms with Crippen LogP contribution in [0, 0.1) is 5.41 Å². The van der Waals surface area contributed by atoms with Crippen molar-refractivity contribution in [2.24, 2.45) is 5.41 Å². The van der Waals surface area contributed by atoms with Gasteiger partial charge in [-0.15, -0.1) is 0 Å². The Bertz CT molecular complexity index is 486. The zero-order chi connectivity index (χ0) is 15.5. The van der Waals surface area contributed by atoms with Crippen LogP contribution in [-0.4, -0.2) is 35.6 Å². The second-order valence-corrected chi connectivity index (χ2v) is 7.09. The fourth-order valence-electron chi connectivity index (χ4n) is 3.25. The lowest BCUT2D eigenvalue weighted by molar-refractivity contribution is 0.0695. The van der Waals surface area contributed by atoms with E-state index in [4.69, 9.17) is 0 Å². The first-order valence-electron chi connectivity index (χ1n) is 7.90.